The zero-order valence-corrected chi connectivity index (χ0v) is 54.2. The van der Waals surface area contributed by atoms with Gasteiger partial charge in [-0.05, 0) is 64.2 Å². The quantitative estimate of drug-likeness (QED) is 0.0215. The number of ether oxygens (including phenoxy) is 2. The first-order valence-corrected chi connectivity index (χ1v) is 35.9. The van der Waals surface area contributed by atoms with Gasteiger partial charge in [0.1, 0.15) is 36.6 Å². The summed E-state index contributed by atoms with van der Waals surface area (Å²) in [6.45, 7) is 3.49. The molecule has 1 amide bonds. The molecule has 490 valence electrons. The standard InChI is InChI=1S/C72H137NO10/c1-3-5-7-9-11-13-15-17-19-21-23-25-27-29-30-31-32-33-34-36-37-39-41-43-45-47-49-51-53-55-57-59-64(75)67(77)63(62-82-72-70(80)69(79)68(78)66(61-74)83-72)73-71(81)65(76)60-58-56-54-52-50-48-46-44-42-40-38-35-28-26-24-22-20-18-16-14-12-10-8-6-4-2/h36-37,43,45,51,53,63-70,72,74-80H,3-35,38-42,44,46-50,52,54-62H2,1-2H3,(H,73,81)/b37-36+,45-43+,53-51+. The average Bonchev–Trinajstić information content (AvgIpc) is 3.68. The fourth-order valence-corrected chi connectivity index (χ4v) is 11.7. The van der Waals surface area contributed by atoms with Crippen molar-refractivity contribution in [3.8, 4) is 0 Å². The molecule has 0 radical (unpaired) electrons. The molecule has 1 heterocycles. The molecule has 1 aliphatic heterocycles. The molecule has 0 aromatic rings. The molecule has 0 aromatic heterocycles. The molecule has 83 heavy (non-hydrogen) atoms. The summed E-state index contributed by atoms with van der Waals surface area (Å²) in [7, 11) is 0. The summed E-state index contributed by atoms with van der Waals surface area (Å²) >= 11 is 0. The Labute approximate surface area is 511 Å². The molecule has 9 unspecified atom stereocenters. The number of nitrogens with one attached hydrogen (secondary N) is 1. The highest BCUT2D eigenvalue weighted by Crippen LogP contribution is 2.24. The lowest BCUT2D eigenvalue weighted by atomic mass is 9.98. The molecule has 0 spiro atoms. The first-order valence-electron chi connectivity index (χ1n) is 35.9. The maximum absolute atomic E-state index is 13.2. The molecular formula is C72H137NO10. The number of carbonyl (C=O) groups is 1. The number of rotatable bonds is 63. The van der Waals surface area contributed by atoms with E-state index >= 15 is 0 Å². The number of aliphatic hydroxyl groups is 7. The lowest BCUT2D eigenvalue weighted by molar-refractivity contribution is -0.303. The van der Waals surface area contributed by atoms with Crippen molar-refractivity contribution in [3.63, 3.8) is 0 Å². The molecule has 0 aliphatic carbocycles. The summed E-state index contributed by atoms with van der Waals surface area (Å²) in [5, 5.41) is 76.5. The number of hydrogen-bond acceptors (Lipinski definition) is 10. The van der Waals surface area contributed by atoms with Crippen LogP contribution in [0.2, 0.25) is 0 Å². The van der Waals surface area contributed by atoms with Crippen LogP contribution in [0.1, 0.15) is 348 Å². The second kappa shape index (κ2) is 60.6. The van der Waals surface area contributed by atoms with Crippen LogP contribution in [0, 0.1) is 0 Å². The SMILES string of the molecule is CCCCCCCCCCCCCCCCCCCC/C=C/CC/C=C/CC/C=C/CCCC(O)C(O)C(COC1OC(CO)C(O)C(O)C1O)NC(=O)C(O)CCCCCCCCCCCCCCCCCCCCCCCCCCC. The summed E-state index contributed by atoms with van der Waals surface area (Å²) in [4.78, 5) is 13.2. The van der Waals surface area contributed by atoms with Gasteiger partial charge in [0.05, 0.1) is 25.4 Å². The third kappa shape index (κ3) is 48.0. The van der Waals surface area contributed by atoms with Crippen molar-refractivity contribution in [3.05, 3.63) is 36.5 Å². The minimum Gasteiger partial charge on any atom is -0.394 e. The summed E-state index contributed by atoms with van der Waals surface area (Å²) in [6.07, 6.45) is 66.7. The van der Waals surface area contributed by atoms with Gasteiger partial charge in [0.25, 0.3) is 0 Å². The van der Waals surface area contributed by atoms with E-state index in [-0.39, 0.29) is 12.8 Å². The Morgan fingerprint density at radius 3 is 1.07 bits per heavy atom. The average molecular weight is 1180 g/mol. The van der Waals surface area contributed by atoms with E-state index < -0.39 is 74.2 Å². The second-order valence-electron chi connectivity index (χ2n) is 25.3. The summed E-state index contributed by atoms with van der Waals surface area (Å²) in [5.41, 5.74) is 0. The Morgan fingerprint density at radius 2 is 0.723 bits per heavy atom. The lowest BCUT2D eigenvalue weighted by Gasteiger charge is -2.40. The number of carbonyl (C=O) groups excluding carboxylic acids is 1. The van der Waals surface area contributed by atoms with Crippen LogP contribution < -0.4 is 5.32 Å². The van der Waals surface area contributed by atoms with Crippen molar-refractivity contribution in [2.24, 2.45) is 0 Å². The van der Waals surface area contributed by atoms with Crippen molar-refractivity contribution < 1.29 is 50.0 Å². The van der Waals surface area contributed by atoms with Gasteiger partial charge >= 0.3 is 0 Å². The Morgan fingerprint density at radius 1 is 0.410 bits per heavy atom. The van der Waals surface area contributed by atoms with Gasteiger partial charge in [0.2, 0.25) is 5.91 Å². The van der Waals surface area contributed by atoms with Crippen LogP contribution >= 0.6 is 0 Å². The Bertz CT molecular complexity index is 1440. The Hall–Kier alpha value is -1.67. The number of allylic oxidation sites excluding steroid dienone is 6. The first-order chi connectivity index (χ1) is 40.7. The molecule has 1 saturated heterocycles. The van der Waals surface area contributed by atoms with Crippen molar-refractivity contribution in [1.82, 2.24) is 5.32 Å². The molecule has 0 saturated carbocycles. The third-order valence-corrected chi connectivity index (χ3v) is 17.4. The van der Waals surface area contributed by atoms with E-state index in [9.17, 15) is 40.5 Å². The van der Waals surface area contributed by atoms with Crippen molar-refractivity contribution in [2.45, 2.75) is 403 Å². The molecule has 1 fully saturated rings. The number of hydrogen-bond donors (Lipinski definition) is 8. The van der Waals surface area contributed by atoms with Crippen molar-refractivity contribution in [2.75, 3.05) is 13.2 Å². The minimum absolute atomic E-state index is 0.243. The highest BCUT2D eigenvalue weighted by molar-refractivity contribution is 5.80. The monoisotopic (exact) mass is 1180 g/mol. The zero-order chi connectivity index (χ0) is 60.3. The minimum atomic E-state index is -1.67. The first kappa shape index (κ1) is 79.3. The van der Waals surface area contributed by atoms with Crippen LogP contribution in [0.4, 0.5) is 0 Å². The van der Waals surface area contributed by atoms with Crippen LogP contribution in [0.5, 0.6) is 0 Å². The normalized spacial score (nSPS) is 19.2. The Balaban J connectivity index is 2.23. The fraction of sp³-hybridized carbons (Fsp3) is 0.903. The van der Waals surface area contributed by atoms with Gasteiger partial charge in [-0.15, -0.1) is 0 Å². The summed E-state index contributed by atoms with van der Waals surface area (Å²) < 4.78 is 11.2. The van der Waals surface area contributed by atoms with Crippen LogP contribution in [0.3, 0.4) is 0 Å². The topological polar surface area (TPSA) is 189 Å². The van der Waals surface area contributed by atoms with Gasteiger partial charge in [-0.2, -0.15) is 0 Å². The van der Waals surface area contributed by atoms with Gasteiger partial charge in [0, 0.05) is 0 Å². The smallest absolute Gasteiger partial charge is 0.249 e. The van der Waals surface area contributed by atoms with Crippen LogP contribution in [-0.2, 0) is 14.3 Å². The summed E-state index contributed by atoms with van der Waals surface area (Å²) in [6, 6.07) is -1.19. The van der Waals surface area contributed by atoms with Gasteiger partial charge in [0.15, 0.2) is 6.29 Å². The van der Waals surface area contributed by atoms with E-state index in [0.29, 0.717) is 19.3 Å². The van der Waals surface area contributed by atoms with E-state index in [1.165, 1.54) is 257 Å². The molecular weight excluding hydrogens is 1040 g/mol. The predicted molar refractivity (Wildman–Crippen MR) is 349 cm³/mol. The highest BCUT2D eigenvalue weighted by Gasteiger charge is 2.44. The Kier molecular flexibility index (Phi) is 57.9. The summed E-state index contributed by atoms with van der Waals surface area (Å²) in [5.74, 6) is -0.706. The molecule has 0 bridgehead atoms. The largest absolute Gasteiger partial charge is 0.394 e. The van der Waals surface area contributed by atoms with E-state index in [1.54, 1.807) is 0 Å². The maximum atomic E-state index is 13.2. The maximum Gasteiger partial charge on any atom is 0.249 e. The molecule has 11 nitrogen and oxygen atoms in total. The van der Waals surface area contributed by atoms with E-state index in [2.05, 4.69) is 55.6 Å². The zero-order valence-electron chi connectivity index (χ0n) is 54.2. The molecule has 9 atom stereocenters. The number of unbranched alkanes of at least 4 members (excludes halogenated alkanes) is 45. The predicted octanol–water partition coefficient (Wildman–Crippen LogP) is 17.4. The van der Waals surface area contributed by atoms with Gasteiger partial charge in [-0.1, -0.05) is 320 Å². The second-order valence-corrected chi connectivity index (χ2v) is 25.3. The van der Waals surface area contributed by atoms with Gasteiger partial charge < -0.3 is 50.5 Å². The lowest BCUT2D eigenvalue weighted by Crippen LogP contribution is -2.60. The van der Waals surface area contributed by atoms with Crippen molar-refractivity contribution >= 4 is 5.91 Å². The van der Waals surface area contributed by atoms with Crippen LogP contribution in [0.25, 0.3) is 0 Å². The van der Waals surface area contributed by atoms with Crippen LogP contribution in [0.15, 0.2) is 36.5 Å². The van der Waals surface area contributed by atoms with Gasteiger partial charge in [-0.3, -0.25) is 4.79 Å². The van der Waals surface area contributed by atoms with Gasteiger partial charge in [-0.25, -0.2) is 0 Å². The molecule has 1 rings (SSSR count). The highest BCUT2D eigenvalue weighted by atomic mass is 16.7. The van der Waals surface area contributed by atoms with E-state index in [0.717, 1.165) is 44.9 Å². The molecule has 11 heteroatoms. The third-order valence-electron chi connectivity index (χ3n) is 17.4. The number of aliphatic hydroxyl groups excluding tert-OH is 7. The molecule has 1 aliphatic rings. The van der Waals surface area contributed by atoms with E-state index in [1.807, 2.05) is 0 Å². The van der Waals surface area contributed by atoms with Crippen molar-refractivity contribution in [1.29, 1.82) is 0 Å². The van der Waals surface area contributed by atoms with E-state index in [4.69, 9.17) is 9.47 Å². The fourth-order valence-electron chi connectivity index (χ4n) is 11.7. The molecule has 8 N–H and O–H groups in total. The molecule has 0 aromatic carbocycles. The number of amides is 1. The van der Waals surface area contributed by atoms with Crippen LogP contribution in [-0.4, -0.2) is 110 Å².